The van der Waals surface area contributed by atoms with E-state index in [1.807, 2.05) is 0 Å². The molecule has 0 atom stereocenters. The van der Waals surface area contributed by atoms with Crippen LogP contribution in [0.4, 0.5) is 11.6 Å². The van der Waals surface area contributed by atoms with Crippen LogP contribution in [0.3, 0.4) is 0 Å². The smallest absolute Gasteiger partial charge is 0.264 e. The Balaban J connectivity index is 1.68. The molecule has 0 aliphatic carbocycles. The second-order valence-electron chi connectivity index (χ2n) is 7.43. The Labute approximate surface area is 214 Å². The molecule has 1 aromatic heterocycles. The maximum atomic E-state index is 12.7. The number of sulfonamides is 1. The Morgan fingerprint density at radius 2 is 1.44 bits per heavy atom. The van der Waals surface area contributed by atoms with Gasteiger partial charge in [-0.3, -0.25) is 10.1 Å². The summed E-state index contributed by atoms with van der Waals surface area (Å²) < 4.78 is 43.5. The number of aryl methyl sites for hydroxylation is 2. The Morgan fingerprint density at radius 1 is 0.889 bits per heavy atom. The number of nitrogens with zero attached hydrogens (tertiary/aromatic N) is 2. The van der Waals surface area contributed by atoms with Gasteiger partial charge in [0.25, 0.3) is 15.9 Å². The van der Waals surface area contributed by atoms with Crippen molar-refractivity contribution in [2.45, 2.75) is 18.7 Å². The van der Waals surface area contributed by atoms with Gasteiger partial charge in [-0.15, -0.1) is 0 Å². The van der Waals surface area contributed by atoms with Crippen LogP contribution < -0.4 is 29.6 Å². The average molecular weight is 532 g/mol. The Kier molecular flexibility index (Phi) is 8.27. The van der Waals surface area contributed by atoms with Gasteiger partial charge in [-0.1, -0.05) is 0 Å². The van der Waals surface area contributed by atoms with E-state index in [2.05, 4.69) is 25.3 Å². The molecule has 2 aromatic carbocycles. The number of ether oxygens (including phenoxy) is 3. The molecular formula is C23H25N5O6S2. The standard InChI is InChI=1S/C23H25N5O6S2/c1-13-10-14(2)25-22(24-13)28-36(30,31)17-8-6-16(7-9-17)26-23(35)27-21(29)15-11-18(32-3)20(34-5)19(12-15)33-4/h6-12H,1-5H3,(H,24,25,28)(H2,26,27,29,35). The summed E-state index contributed by atoms with van der Waals surface area (Å²) in [5.74, 6) is 0.467. The van der Waals surface area contributed by atoms with Crippen molar-refractivity contribution in [2.24, 2.45) is 0 Å². The fourth-order valence-corrected chi connectivity index (χ4v) is 4.37. The van der Waals surface area contributed by atoms with Crippen LogP contribution in [0.25, 0.3) is 0 Å². The third kappa shape index (κ3) is 6.37. The maximum absolute atomic E-state index is 12.7. The van der Waals surface area contributed by atoms with Gasteiger partial charge in [-0.25, -0.2) is 23.1 Å². The molecule has 13 heteroatoms. The molecule has 1 amide bonds. The van der Waals surface area contributed by atoms with Crippen LogP contribution in [-0.4, -0.2) is 50.7 Å². The van der Waals surface area contributed by atoms with E-state index in [4.69, 9.17) is 26.4 Å². The van der Waals surface area contributed by atoms with E-state index in [0.717, 1.165) is 0 Å². The molecule has 0 radical (unpaired) electrons. The molecular weight excluding hydrogens is 506 g/mol. The highest BCUT2D eigenvalue weighted by molar-refractivity contribution is 7.92. The maximum Gasteiger partial charge on any atom is 0.264 e. The number of carbonyl (C=O) groups excluding carboxylic acids is 1. The highest BCUT2D eigenvalue weighted by Crippen LogP contribution is 2.38. The number of thiocarbonyl (C=S) groups is 1. The number of amides is 1. The van der Waals surface area contributed by atoms with Crippen LogP contribution in [0.2, 0.25) is 0 Å². The molecule has 0 fully saturated rings. The zero-order valence-electron chi connectivity index (χ0n) is 20.2. The van der Waals surface area contributed by atoms with Crippen molar-refractivity contribution in [2.75, 3.05) is 31.4 Å². The normalized spacial score (nSPS) is 10.8. The highest BCUT2D eigenvalue weighted by atomic mass is 32.2. The van der Waals surface area contributed by atoms with E-state index >= 15 is 0 Å². The van der Waals surface area contributed by atoms with Gasteiger partial charge in [0.1, 0.15) is 0 Å². The monoisotopic (exact) mass is 531 g/mol. The zero-order chi connectivity index (χ0) is 26.5. The van der Waals surface area contributed by atoms with Gasteiger partial charge in [0.05, 0.1) is 26.2 Å². The molecule has 0 aliphatic rings. The van der Waals surface area contributed by atoms with Gasteiger partial charge in [0.2, 0.25) is 11.7 Å². The van der Waals surface area contributed by atoms with Crippen LogP contribution in [0.15, 0.2) is 47.4 Å². The number of methoxy groups -OCH3 is 3. The summed E-state index contributed by atoms with van der Waals surface area (Å²) in [4.78, 5) is 20.9. The minimum absolute atomic E-state index is 0.00295. The summed E-state index contributed by atoms with van der Waals surface area (Å²) in [5, 5.41) is 5.40. The Hall–Kier alpha value is -3.97. The van der Waals surface area contributed by atoms with Gasteiger partial charge in [-0.05, 0) is 68.5 Å². The summed E-state index contributed by atoms with van der Waals surface area (Å²) in [6.45, 7) is 3.49. The summed E-state index contributed by atoms with van der Waals surface area (Å²) in [6, 6.07) is 10.5. The molecule has 3 rings (SSSR count). The summed E-state index contributed by atoms with van der Waals surface area (Å²) in [7, 11) is 0.444. The first-order valence-electron chi connectivity index (χ1n) is 10.4. The molecule has 0 bridgehead atoms. The van der Waals surface area contributed by atoms with E-state index in [9.17, 15) is 13.2 Å². The van der Waals surface area contributed by atoms with Gasteiger partial charge in [0.15, 0.2) is 16.6 Å². The van der Waals surface area contributed by atoms with Crippen LogP contribution in [0.1, 0.15) is 21.7 Å². The molecule has 0 aliphatic heterocycles. The minimum Gasteiger partial charge on any atom is -0.493 e. The lowest BCUT2D eigenvalue weighted by molar-refractivity contribution is 0.0977. The topological polar surface area (TPSA) is 141 Å². The molecule has 1 heterocycles. The number of hydrogen-bond donors (Lipinski definition) is 3. The predicted octanol–water partition coefficient (Wildman–Crippen LogP) is 3.05. The quantitative estimate of drug-likeness (QED) is 0.371. The van der Waals surface area contributed by atoms with Gasteiger partial charge in [-0.2, -0.15) is 0 Å². The first-order chi connectivity index (χ1) is 17.1. The van der Waals surface area contributed by atoms with Crippen molar-refractivity contribution in [1.29, 1.82) is 0 Å². The molecule has 11 nitrogen and oxygen atoms in total. The van der Waals surface area contributed by atoms with Crippen molar-refractivity contribution in [1.82, 2.24) is 15.3 Å². The molecule has 0 saturated heterocycles. The van der Waals surface area contributed by atoms with Crippen molar-refractivity contribution in [3.63, 3.8) is 0 Å². The van der Waals surface area contributed by atoms with Crippen molar-refractivity contribution < 1.29 is 27.4 Å². The van der Waals surface area contributed by atoms with Gasteiger partial charge >= 0.3 is 0 Å². The van der Waals surface area contributed by atoms with Gasteiger partial charge < -0.3 is 19.5 Å². The average Bonchev–Trinajstić information content (AvgIpc) is 2.82. The highest BCUT2D eigenvalue weighted by Gasteiger charge is 2.19. The molecule has 3 aromatic rings. The van der Waals surface area contributed by atoms with Crippen molar-refractivity contribution in [3.8, 4) is 17.2 Å². The third-order valence-electron chi connectivity index (χ3n) is 4.78. The SMILES string of the molecule is COc1cc(C(=O)NC(=S)Nc2ccc(S(=O)(=O)Nc3nc(C)cc(C)n3)cc2)cc(OC)c1OC. The minimum atomic E-state index is -3.91. The zero-order valence-corrected chi connectivity index (χ0v) is 21.8. The van der Waals surface area contributed by atoms with Crippen molar-refractivity contribution in [3.05, 3.63) is 59.4 Å². The van der Waals surface area contributed by atoms with E-state index in [0.29, 0.717) is 34.3 Å². The third-order valence-corrected chi connectivity index (χ3v) is 6.33. The van der Waals surface area contributed by atoms with Crippen LogP contribution in [0.5, 0.6) is 17.2 Å². The lowest BCUT2D eigenvalue weighted by Gasteiger charge is -2.15. The van der Waals surface area contributed by atoms with Crippen LogP contribution in [-0.2, 0) is 10.0 Å². The Bertz CT molecular complexity index is 1350. The lowest BCUT2D eigenvalue weighted by atomic mass is 10.1. The molecule has 0 unspecified atom stereocenters. The second-order valence-corrected chi connectivity index (χ2v) is 9.52. The predicted molar refractivity (Wildman–Crippen MR) is 139 cm³/mol. The number of rotatable bonds is 8. The van der Waals surface area contributed by atoms with E-state index < -0.39 is 15.9 Å². The molecule has 0 spiro atoms. The Morgan fingerprint density at radius 3 is 1.94 bits per heavy atom. The molecule has 3 N–H and O–H groups in total. The first kappa shape index (κ1) is 26.6. The number of anilines is 2. The largest absolute Gasteiger partial charge is 0.493 e. The van der Waals surface area contributed by atoms with E-state index in [-0.39, 0.29) is 21.5 Å². The number of aromatic nitrogens is 2. The first-order valence-corrected chi connectivity index (χ1v) is 12.3. The number of nitrogens with one attached hydrogen (secondary N) is 3. The number of benzene rings is 2. The summed E-state index contributed by atoms with van der Waals surface area (Å²) in [5.41, 5.74) is 1.98. The summed E-state index contributed by atoms with van der Waals surface area (Å²) in [6.07, 6.45) is 0. The van der Waals surface area contributed by atoms with Crippen LogP contribution >= 0.6 is 12.2 Å². The molecule has 0 saturated carbocycles. The summed E-state index contributed by atoms with van der Waals surface area (Å²) >= 11 is 5.22. The molecule has 36 heavy (non-hydrogen) atoms. The van der Waals surface area contributed by atoms with Gasteiger partial charge in [0, 0.05) is 22.6 Å². The number of carbonyl (C=O) groups is 1. The molecule has 190 valence electrons. The second kappa shape index (κ2) is 11.2. The lowest BCUT2D eigenvalue weighted by Crippen LogP contribution is -2.34. The fraction of sp³-hybridized carbons (Fsp3) is 0.217. The number of hydrogen-bond acceptors (Lipinski definition) is 9. The van der Waals surface area contributed by atoms with E-state index in [1.54, 1.807) is 19.9 Å². The van der Waals surface area contributed by atoms with Crippen molar-refractivity contribution >= 4 is 44.9 Å². The fourth-order valence-electron chi connectivity index (χ4n) is 3.22. The van der Waals surface area contributed by atoms with Crippen LogP contribution in [0, 0.1) is 13.8 Å². The van der Waals surface area contributed by atoms with E-state index in [1.165, 1.54) is 57.7 Å².